The van der Waals surface area contributed by atoms with E-state index < -0.39 is 12.2 Å². The van der Waals surface area contributed by atoms with Crippen LogP contribution in [0.3, 0.4) is 0 Å². The highest BCUT2D eigenvalue weighted by Gasteiger charge is 2.19. The molecule has 1 heterocycles. The van der Waals surface area contributed by atoms with Crippen LogP contribution in [-0.4, -0.2) is 75.4 Å². The van der Waals surface area contributed by atoms with Crippen molar-refractivity contribution in [1.82, 2.24) is 9.47 Å². The minimum Gasteiger partial charge on any atom is -0.395 e. The molecule has 0 aliphatic carbocycles. The molecule has 0 fully saturated rings. The van der Waals surface area contributed by atoms with Crippen molar-refractivity contribution < 1.29 is 20.1 Å². The number of hydrogen-bond acceptors (Lipinski definition) is 5. The third-order valence-corrected chi connectivity index (χ3v) is 4.15. The number of rotatable bonds is 10. The fourth-order valence-corrected chi connectivity index (χ4v) is 2.98. The van der Waals surface area contributed by atoms with E-state index in [1.807, 2.05) is 66.8 Å². The lowest BCUT2D eigenvalue weighted by Gasteiger charge is -2.28. The van der Waals surface area contributed by atoms with Crippen LogP contribution in [-0.2, 0) is 11.3 Å². The fraction of sp³-hybridized carbons (Fsp3) is 0.600. The molecule has 26 heavy (non-hydrogen) atoms. The van der Waals surface area contributed by atoms with Crippen molar-refractivity contribution in [3.05, 3.63) is 36.5 Å². The molecule has 146 valence electrons. The Morgan fingerprint density at radius 1 is 1.08 bits per heavy atom. The zero-order valence-electron chi connectivity index (χ0n) is 16.0. The van der Waals surface area contributed by atoms with Gasteiger partial charge in [0.1, 0.15) is 0 Å². The smallest absolute Gasteiger partial charge is 0.0900 e. The molecule has 2 aromatic rings. The van der Waals surface area contributed by atoms with Gasteiger partial charge in [0, 0.05) is 37.9 Å². The molecule has 1 aromatic heterocycles. The average Bonchev–Trinajstić information content (AvgIpc) is 2.96. The van der Waals surface area contributed by atoms with Crippen molar-refractivity contribution in [2.75, 3.05) is 32.8 Å². The van der Waals surface area contributed by atoms with Gasteiger partial charge in [-0.1, -0.05) is 18.2 Å². The SMILES string of the molecule is CC(C)(C)OC[C@H](O)CN(CCO)C[C@H](O)Cn1ccc2ccccc21. The molecule has 0 saturated carbocycles. The van der Waals surface area contributed by atoms with Crippen LogP contribution in [0.15, 0.2) is 36.5 Å². The first kappa shape index (κ1) is 20.9. The first-order valence-electron chi connectivity index (χ1n) is 9.15. The van der Waals surface area contributed by atoms with E-state index in [0.29, 0.717) is 26.2 Å². The number of aromatic nitrogens is 1. The third kappa shape index (κ3) is 6.70. The number of ether oxygens (including phenoxy) is 1. The second kappa shape index (κ2) is 9.48. The first-order valence-corrected chi connectivity index (χ1v) is 9.15. The van der Waals surface area contributed by atoms with Crippen molar-refractivity contribution in [2.24, 2.45) is 0 Å². The summed E-state index contributed by atoms with van der Waals surface area (Å²) in [6, 6.07) is 10.1. The van der Waals surface area contributed by atoms with Crippen LogP contribution in [0.4, 0.5) is 0 Å². The summed E-state index contributed by atoms with van der Waals surface area (Å²) < 4.78 is 7.63. The van der Waals surface area contributed by atoms with Crippen molar-refractivity contribution in [1.29, 1.82) is 0 Å². The summed E-state index contributed by atoms with van der Waals surface area (Å²) in [4.78, 5) is 1.87. The predicted molar refractivity (Wildman–Crippen MR) is 103 cm³/mol. The van der Waals surface area contributed by atoms with E-state index in [-0.39, 0.29) is 18.8 Å². The topological polar surface area (TPSA) is 78.1 Å². The van der Waals surface area contributed by atoms with Gasteiger partial charge in [-0.15, -0.1) is 0 Å². The van der Waals surface area contributed by atoms with Crippen molar-refractivity contribution >= 4 is 10.9 Å². The van der Waals surface area contributed by atoms with Gasteiger partial charge in [0.25, 0.3) is 0 Å². The molecule has 2 atom stereocenters. The van der Waals surface area contributed by atoms with Gasteiger partial charge in [-0.25, -0.2) is 0 Å². The zero-order valence-corrected chi connectivity index (χ0v) is 16.0. The quantitative estimate of drug-likeness (QED) is 0.595. The van der Waals surface area contributed by atoms with Gasteiger partial charge >= 0.3 is 0 Å². The molecule has 0 aliphatic heterocycles. The highest BCUT2D eigenvalue weighted by Crippen LogP contribution is 2.15. The molecule has 0 unspecified atom stereocenters. The lowest BCUT2D eigenvalue weighted by molar-refractivity contribution is -0.0593. The largest absolute Gasteiger partial charge is 0.395 e. The minimum atomic E-state index is -0.666. The number of aliphatic hydroxyl groups excluding tert-OH is 3. The summed E-state index contributed by atoms with van der Waals surface area (Å²) in [7, 11) is 0. The molecule has 0 radical (unpaired) electrons. The van der Waals surface area contributed by atoms with Gasteiger partial charge in [-0.05, 0) is 38.3 Å². The lowest BCUT2D eigenvalue weighted by Crippen LogP contribution is -2.42. The van der Waals surface area contributed by atoms with Crippen LogP contribution in [0.1, 0.15) is 20.8 Å². The van der Waals surface area contributed by atoms with Crippen LogP contribution < -0.4 is 0 Å². The van der Waals surface area contributed by atoms with Crippen LogP contribution in [0, 0.1) is 0 Å². The fourth-order valence-electron chi connectivity index (χ4n) is 2.98. The van der Waals surface area contributed by atoms with Gasteiger partial charge in [-0.3, -0.25) is 4.90 Å². The third-order valence-electron chi connectivity index (χ3n) is 4.15. The molecular formula is C20H32N2O4. The highest BCUT2D eigenvalue weighted by atomic mass is 16.5. The maximum absolute atomic E-state index is 10.5. The number of fused-ring (bicyclic) bond motifs is 1. The monoisotopic (exact) mass is 364 g/mol. The molecule has 6 nitrogen and oxygen atoms in total. The Morgan fingerprint density at radius 3 is 2.46 bits per heavy atom. The molecule has 0 amide bonds. The lowest BCUT2D eigenvalue weighted by atomic mass is 10.2. The summed E-state index contributed by atoms with van der Waals surface area (Å²) in [6.07, 6.45) is 0.699. The first-order chi connectivity index (χ1) is 12.3. The van der Waals surface area contributed by atoms with E-state index >= 15 is 0 Å². The van der Waals surface area contributed by atoms with E-state index in [2.05, 4.69) is 0 Å². The Morgan fingerprint density at radius 2 is 1.77 bits per heavy atom. The number of aliphatic hydroxyl groups is 3. The molecule has 1 aromatic carbocycles. The van der Waals surface area contributed by atoms with Crippen LogP contribution in [0.5, 0.6) is 0 Å². The van der Waals surface area contributed by atoms with E-state index in [1.54, 1.807) is 0 Å². The van der Waals surface area contributed by atoms with Gasteiger partial charge < -0.3 is 24.6 Å². The Kier molecular flexibility index (Phi) is 7.61. The Hall–Kier alpha value is -1.44. The van der Waals surface area contributed by atoms with Crippen LogP contribution >= 0.6 is 0 Å². The minimum absolute atomic E-state index is 0.0218. The van der Waals surface area contributed by atoms with Gasteiger partial charge in [0.15, 0.2) is 0 Å². The zero-order chi connectivity index (χ0) is 19.2. The maximum Gasteiger partial charge on any atom is 0.0900 e. The van der Waals surface area contributed by atoms with E-state index in [4.69, 9.17) is 4.74 Å². The standard InChI is InChI=1S/C20H32N2O4/c1-20(2,3)26-15-18(25)13-21(10-11-23)12-17(24)14-22-9-8-16-6-4-5-7-19(16)22/h4-9,17-18,23-25H,10-15H2,1-3H3/t17-,18+/m0/s1. The van der Waals surface area contributed by atoms with Gasteiger partial charge in [0.05, 0.1) is 31.0 Å². The Bertz CT molecular complexity index is 665. The molecule has 0 bridgehead atoms. The average molecular weight is 364 g/mol. The summed E-state index contributed by atoms with van der Waals surface area (Å²) in [5.41, 5.74) is 0.775. The predicted octanol–water partition coefficient (Wildman–Crippen LogP) is 1.47. The molecule has 2 rings (SSSR count). The number of hydrogen-bond donors (Lipinski definition) is 3. The summed E-state index contributed by atoms with van der Waals surface area (Å²) in [6.45, 7) is 7.61. The molecular weight excluding hydrogens is 332 g/mol. The molecule has 0 aliphatic rings. The Balaban J connectivity index is 1.89. The van der Waals surface area contributed by atoms with E-state index in [1.165, 1.54) is 0 Å². The molecule has 6 heteroatoms. The van der Waals surface area contributed by atoms with E-state index in [9.17, 15) is 15.3 Å². The normalized spacial score (nSPS) is 14.9. The maximum atomic E-state index is 10.5. The highest BCUT2D eigenvalue weighted by molar-refractivity contribution is 5.79. The van der Waals surface area contributed by atoms with Crippen LogP contribution in [0.25, 0.3) is 10.9 Å². The molecule has 0 spiro atoms. The van der Waals surface area contributed by atoms with Crippen molar-refractivity contribution in [3.8, 4) is 0 Å². The second-order valence-corrected chi connectivity index (χ2v) is 7.74. The summed E-state index contributed by atoms with van der Waals surface area (Å²) in [5.74, 6) is 0. The second-order valence-electron chi connectivity index (χ2n) is 7.74. The summed E-state index contributed by atoms with van der Waals surface area (Å²) in [5, 5.41) is 31.1. The number of benzene rings is 1. The van der Waals surface area contributed by atoms with E-state index in [0.717, 1.165) is 10.9 Å². The van der Waals surface area contributed by atoms with Crippen molar-refractivity contribution in [3.63, 3.8) is 0 Å². The van der Waals surface area contributed by atoms with Gasteiger partial charge in [0.2, 0.25) is 0 Å². The summed E-state index contributed by atoms with van der Waals surface area (Å²) >= 11 is 0. The number of nitrogens with zero attached hydrogens (tertiary/aromatic N) is 2. The molecule has 3 N–H and O–H groups in total. The molecule has 0 saturated heterocycles. The van der Waals surface area contributed by atoms with Crippen LogP contribution in [0.2, 0.25) is 0 Å². The Labute approximate surface area is 155 Å². The number of para-hydroxylation sites is 1. The van der Waals surface area contributed by atoms with Crippen molar-refractivity contribution in [2.45, 2.75) is 45.1 Å². The van der Waals surface area contributed by atoms with Gasteiger partial charge in [-0.2, -0.15) is 0 Å².